The first-order valence-electron chi connectivity index (χ1n) is 5.82. The first-order valence-corrected chi connectivity index (χ1v) is 5.82. The molecular formula is C12H28N2. The molecule has 0 atom stereocenters. The fourth-order valence-corrected chi connectivity index (χ4v) is 1.32. The summed E-state index contributed by atoms with van der Waals surface area (Å²) in [4.78, 5) is 2.27. The molecule has 0 aromatic rings. The van der Waals surface area contributed by atoms with Crippen molar-refractivity contribution in [2.75, 3.05) is 27.2 Å². The van der Waals surface area contributed by atoms with Gasteiger partial charge in [-0.25, -0.2) is 0 Å². The third-order valence-corrected chi connectivity index (χ3v) is 3.36. The minimum atomic E-state index is 0.256. The molecule has 0 radical (unpaired) electrons. The van der Waals surface area contributed by atoms with Crippen LogP contribution in [0.2, 0.25) is 0 Å². The Morgan fingerprint density at radius 2 is 1.64 bits per heavy atom. The van der Waals surface area contributed by atoms with Gasteiger partial charge in [-0.1, -0.05) is 26.7 Å². The number of rotatable bonds is 7. The third-order valence-electron chi connectivity index (χ3n) is 3.36. The van der Waals surface area contributed by atoms with Gasteiger partial charge in [0.05, 0.1) is 0 Å². The van der Waals surface area contributed by atoms with Crippen LogP contribution in [0.1, 0.15) is 40.5 Å². The van der Waals surface area contributed by atoms with Crippen LogP contribution >= 0.6 is 0 Å². The Morgan fingerprint density at radius 1 is 1.14 bits per heavy atom. The molecular weight excluding hydrogens is 172 g/mol. The SMILES string of the molecule is CCC(CC)CNCC(C)(C)N(C)C. The van der Waals surface area contributed by atoms with E-state index in [4.69, 9.17) is 0 Å². The summed E-state index contributed by atoms with van der Waals surface area (Å²) in [6, 6.07) is 0. The minimum absolute atomic E-state index is 0.256. The second-order valence-corrected chi connectivity index (χ2v) is 5.02. The smallest absolute Gasteiger partial charge is 0.0271 e. The summed E-state index contributed by atoms with van der Waals surface area (Å²) in [5.74, 6) is 0.841. The molecule has 0 aliphatic heterocycles. The second-order valence-electron chi connectivity index (χ2n) is 5.02. The molecule has 14 heavy (non-hydrogen) atoms. The molecule has 0 aliphatic rings. The lowest BCUT2D eigenvalue weighted by molar-refractivity contribution is 0.187. The Morgan fingerprint density at radius 3 is 2.00 bits per heavy atom. The average molecular weight is 200 g/mol. The predicted molar refractivity (Wildman–Crippen MR) is 64.7 cm³/mol. The molecule has 0 aromatic heterocycles. The molecule has 0 saturated carbocycles. The van der Waals surface area contributed by atoms with Gasteiger partial charge in [0, 0.05) is 12.1 Å². The van der Waals surface area contributed by atoms with Gasteiger partial charge in [-0.2, -0.15) is 0 Å². The Labute approximate surface area is 90.1 Å². The summed E-state index contributed by atoms with van der Waals surface area (Å²) >= 11 is 0. The van der Waals surface area contributed by atoms with Crippen molar-refractivity contribution in [3.05, 3.63) is 0 Å². The van der Waals surface area contributed by atoms with Crippen molar-refractivity contribution in [2.45, 2.75) is 46.1 Å². The van der Waals surface area contributed by atoms with Crippen LogP contribution in [0, 0.1) is 5.92 Å². The quantitative estimate of drug-likeness (QED) is 0.678. The topological polar surface area (TPSA) is 15.3 Å². The third kappa shape index (κ3) is 4.97. The monoisotopic (exact) mass is 200 g/mol. The van der Waals surface area contributed by atoms with E-state index in [1.807, 2.05) is 0 Å². The van der Waals surface area contributed by atoms with E-state index in [0.717, 1.165) is 19.0 Å². The highest BCUT2D eigenvalue weighted by atomic mass is 15.2. The van der Waals surface area contributed by atoms with E-state index in [9.17, 15) is 0 Å². The molecule has 0 heterocycles. The predicted octanol–water partition coefficient (Wildman–Crippen LogP) is 2.35. The van der Waals surface area contributed by atoms with Crippen molar-refractivity contribution in [1.29, 1.82) is 0 Å². The van der Waals surface area contributed by atoms with Gasteiger partial charge in [0.1, 0.15) is 0 Å². The highest BCUT2D eigenvalue weighted by molar-refractivity contribution is 4.79. The molecule has 2 nitrogen and oxygen atoms in total. The number of hydrogen-bond acceptors (Lipinski definition) is 2. The first kappa shape index (κ1) is 13.9. The molecule has 1 N–H and O–H groups in total. The van der Waals surface area contributed by atoms with Crippen molar-refractivity contribution >= 4 is 0 Å². The molecule has 0 spiro atoms. The van der Waals surface area contributed by atoms with Crippen LogP contribution < -0.4 is 5.32 Å². The lowest BCUT2D eigenvalue weighted by Gasteiger charge is -2.33. The highest BCUT2D eigenvalue weighted by Gasteiger charge is 2.19. The standard InChI is InChI=1S/C12H28N2/c1-7-11(8-2)9-13-10-12(3,4)14(5)6/h11,13H,7-10H2,1-6H3. The zero-order valence-electron chi connectivity index (χ0n) is 10.9. The van der Waals surface area contributed by atoms with Crippen LogP contribution in [0.4, 0.5) is 0 Å². The van der Waals surface area contributed by atoms with Gasteiger partial charge >= 0.3 is 0 Å². The number of hydrogen-bond donors (Lipinski definition) is 1. The first-order chi connectivity index (χ1) is 6.44. The van der Waals surface area contributed by atoms with Crippen LogP contribution in [0.3, 0.4) is 0 Å². The maximum absolute atomic E-state index is 3.57. The molecule has 0 rings (SSSR count). The molecule has 86 valence electrons. The van der Waals surface area contributed by atoms with Gasteiger partial charge in [-0.15, -0.1) is 0 Å². The molecule has 0 unspecified atom stereocenters. The summed E-state index contributed by atoms with van der Waals surface area (Å²) in [5, 5.41) is 3.57. The van der Waals surface area contributed by atoms with Gasteiger partial charge in [0.2, 0.25) is 0 Å². The normalized spacial score (nSPS) is 12.9. The zero-order valence-corrected chi connectivity index (χ0v) is 10.9. The van der Waals surface area contributed by atoms with E-state index >= 15 is 0 Å². The molecule has 0 fully saturated rings. The Hall–Kier alpha value is -0.0800. The fraction of sp³-hybridized carbons (Fsp3) is 1.00. The van der Waals surface area contributed by atoms with Crippen LogP contribution in [-0.4, -0.2) is 37.6 Å². The van der Waals surface area contributed by atoms with E-state index in [1.54, 1.807) is 0 Å². The van der Waals surface area contributed by atoms with Gasteiger partial charge in [0.25, 0.3) is 0 Å². The maximum atomic E-state index is 3.57. The van der Waals surface area contributed by atoms with Crippen molar-refractivity contribution in [3.63, 3.8) is 0 Å². The van der Waals surface area contributed by atoms with E-state index in [1.165, 1.54) is 12.8 Å². The summed E-state index contributed by atoms with van der Waals surface area (Å²) in [5.41, 5.74) is 0.256. The van der Waals surface area contributed by atoms with Crippen molar-refractivity contribution in [1.82, 2.24) is 10.2 Å². The van der Waals surface area contributed by atoms with Crippen molar-refractivity contribution in [3.8, 4) is 0 Å². The van der Waals surface area contributed by atoms with Crippen LogP contribution in [0.5, 0.6) is 0 Å². The fourth-order valence-electron chi connectivity index (χ4n) is 1.32. The summed E-state index contributed by atoms with van der Waals surface area (Å²) in [7, 11) is 4.28. The molecule has 0 aliphatic carbocycles. The highest BCUT2D eigenvalue weighted by Crippen LogP contribution is 2.09. The molecule has 2 heteroatoms. The van der Waals surface area contributed by atoms with Crippen LogP contribution in [-0.2, 0) is 0 Å². The van der Waals surface area contributed by atoms with Crippen molar-refractivity contribution in [2.24, 2.45) is 5.92 Å². The minimum Gasteiger partial charge on any atom is -0.315 e. The maximum Gasteiger partial charge on any atom is 0.0271 e. The summed E-state index contributed by atoms with van der Waals surface area (Å²) in [6.07, 6.45) is 2.57. The largest absolute Gasteiger partial charge is 0.315 e. The summed E-state index contributed by atoms with van der Waals surface area (Å²) < 4.78 is 0. The Bertz CT molecular complexity index is 137. The zero-order chi connectivity index (χ0) is 11.2. The number of nitrogens with zero attached hydrogens (tertiary/aromatic N) is 1. The number of likely N-dealkylation sites (N-methyl/N-ethyl adjacent to an activating group) is 1. The van der Waals surface area contributed by atoms with Gasteiger partial charge in [0.15, 0.2) is 0 Å². The molecule has 0 aromatic carbocycles. The van der Waals surface area contributed by atoms with Crippen molar-refractivity contribution < 1.29 is 0 Å². The van der Waals surface area contributed by atoms with E-state index in [0.29, 0.717) is 0 Å². The molecule has 0 saturated heterocycles. The average Bonchev–Trinajstić information content (AvgIpc) is 2.12. The summed E-state index contributed by atoms with van der Waals surface area (Å²) in [6.45, 7) is 11.3. The molecule has 0 bridgehead atoms. The van der Waals surface area contributed by atoms with Gasteiger partial charge < -0.3 is 10.2 Å². The lowest BCUT2D eigenvalue weighted by Crippen LogP contribution is -2.47. The van der Waals surface area contributed by atoms with Gasteiger partial charge in [-0.05, 0) is 40.4 Å². The van der Waals surface area contributed by atoms with Crippen LogP contribution in [0.25, 0.3) is 0 Å². The van der Waals surface area contributed by atoms with Crippen LogP contribution in [0.15, 0.2) is 0 Å². The Kier molecular flexibility index (Phi) is 6.38. The van der Waals surface area contributed by atoms with Gasteiger partial charge in [-0.3, -0.25) is 0 Å². The second kappa shape index (κ2) is 6.41. The number of nitrogens with one attached hydrogen (secondary N) is 1. The lowest BCUT2D eigenvalue weighted by atomic mass is 10.0. The van der Waals surface area contributed by atoms with E-state index < -0.39 is 0 Å². The van der Waals surface area contributed by atoms with E-state index in [-0.39, 0.29) is 5.54 Å². The Balaban J connectivity index is 3.72. The van der Waals surface area contributed by atoms with E-state index in [2.05, 4.69) is 52.0 Å². The molecule has 0 amide bonds.